The Kier molecular flexibility index (Phi) is 3.25. The SMILES string of the molecule is COc1ccc(-c2cn[nH]c2C2CCCN2)cc1C. The van der Waals surface area contributed by atoms with E-state index in [0.29, 0.717) is 6.04 Å². The predicted octanol–water partition coefficient (Wildman–Crippen LogP) is 2.82. The molecule has 1 aliphatic rings. The minimum absolute atomic E-state index is 0.403. The van der Waals surface area contributed by atoms with Gasteiger partial charge in [-0.2, -0.15) is 5.10 Å². The zero-order valence-electron chi connectivity index (χ0n) is 11.4. The van der Waals surface area contributed by atoms with Gasteiger partial charge in [0.05, 0.1) is 19.0 Å². The summed E-state index contributed by atoms with van der Waals surface area (Å²) in [5, 5.41) is 10.9. The molecule has 0 bridgehead atoms. The first-order valence-corrected chi connectivity index (χ1v) is 6.71. The lowest BCUT2D eigenvalue weighted by Crippen LogP contribution is -2.14. The van der Waals surface area contributed by atoms with Crippen LogP contribution in [0.1, 0.15) is 30.1 Å². The van der Waals surface area contributed by atoms with Crippen molar-refractivity contribution >= 4 is 0 Å². The van der Waals surface area contributed by atoms with Gasteiger partial charge in [-0.05, 0) is 49.6 Å². The van der Waals surface area contributed by atoms with E-state index < -0.39 is 0 Å². The quantitative estimate of drug-likeness (QED) is 0.889. The number of nitrogens with zero attached hydrogens (tertiary/aromatic N) is 1. The molecule has 1 aromatic heterocycles. The largest absolute Gasteiger partial charge is 0.496 e. The predicted molar refractivity (Wildman–Crippen MR) is 75.3 cm³/mol. The van der Waals surface area contributed by atoms with Crippen molar-refractivity contribution in [2.45, 2.75) is 25.8 Å². The lowest BCUT2D eigenvalue weighted by Gasteiger charge is -2.12. The molecular weight excluding hydrogens is 238 g/mol. The molecule has 0 saturated carbocycles. The zero-order chi connectivity index (χ0) is 13.2. The third kappa shape index (κ3) is 2.24. The Hall–Kier alpha value is -1.81. The topological polar surface area (TPSA) is 49.9 Å². The van der Waals surface area contributed by atoms with Crippen molar-refractivity contribution in [3.63, 3.8) is 0 Å². The number of rotatable bonds is 3. The number of methoxy groups -OCH3 is 1. The maximum absolute atomic E-state index is 5.31. The third-order valence-electron chi connectivity index (χ3n) is 3.78. The summed E-state index contributed by atoms with van der Waals surface area (Å²) >= 11 is 0. The fraction of sp³-hybridized carbons (Fsp3) is 0.400. The highest BCUT2D eigenvalue weighted by Crippen LogP contribution is 2.32. The molecule has 1 aliphatic heterocycles. The molecule has 19 heavy (non-hydrogen) atoms. The smallest absolute Gasteiger partial charge is 0.121 e. The Morgan fingerprint density at radius 1 is 1.37 bits per heavy atom. The minimum Gasteiger partial charge on any atom is -0.496 e. The standard InChI is InChI=1S/C15H19N3O/c1-10-8-11(5-6-14(10)19-2)12-9-17-18-15(12)13-4-3-7-16-13/h5-6,8-9,13,16H,3-4,7H2,1-2H3,(H,17,18). The van der Waals surface area contributed by atoms with E-state index in [-0.39, 0.29) is 0 Å². The van der Waals surface area contributed by atoms with Crippen molar-refractivity contribution in [3.05, 3.63) is 35.7 Å². The van der Waals surface area contributed by atoms with Gasteiger partial charge in [0, 0.05) is 11.6 Å². The van der Waals surface area contributed by atoms with Gasteiger partial charge in [0.15, 0.2) is 0 Å². The first kappa shape index (κ1) is 12.2. The Labute approximate surface area is 113 Å². The van der Waals surface area contributed by atoms with Crippen LogP contribution in [-0.4, -0.2) is 23.9 Å². The second kappa shape index (κ2) is 5.05. The summed E-state index contributed by atoms with van der Waals surface area (Å²) in [7, 11) is 1.70. The molecule has 0 amide bonds. The van der Waals surface area contributed by atoms with Crippen LogP contribution >= 0.6 is 0 Å². The number of nitrogens with one attached hydrogen (secondary N) is 2. The molecule has 100 valence electrons. The third-order valence-corrected chi connectivity index (χ3v) is 3.78. The number of aromatic nitrogens is 2. The molecule has 1 saturated heterocycles. The van der Waals surface area contributed by atoms with E-state index in [2.05, 4.69) is 34.6 Å². The summed E-state index contributed by atoms with van der Waals surface area (Å²) in [6.45, 7) is 3.15. The molecule has 2 aromatic rings. The fourth-order valence-corrected chi connectivity index (χ4v) is 2.77. The van der Waals surface area contributed by atoms with Crippen molar-refractivity contribution in [2.75, 3.05) is 13.7 Å². The molecule has 3 rings (SSSR count). The molecule has 0 aliphatic carbocycles. The number of hydrogen-bond acceptors (Lipinski definition) is 3. The van der Waals surface area contributed by atoms with Gasteiger partial charge in [0.25, 0.3) is 0 Å². The van der Waals surface area contributed by atoms with Crippen LogP contribution in [0.4, 0.5) is 0 Å². The summed E-state index contributed by atoms with van der Waals surface area (Å²) in [5.74, 6) is 0.924. The Bertz CT molecular complexity index is 571. The van der Waals surface area contributed by atoms with Crippen molar-refractivity contribution in [1.29, 1.82) is 0 Å². The average Bonchev–Trinajstić information content (AvgIpc) is 3.09. The number of ether oxygens (including phenoxy) is 1. The van der Waals surface area contributed by atoms with Crippen LogP contribution in [0.3, 0.4) is 0 Å². The van der Waals surface area contributed by atoms with Gasteiger partial charge in [0.1, 0.15) is 5.75 Å². The molecule has 4 nitrogen and oxygen atoms in total. The summed E-state index contributed by atoms with van der Waals surface area (Å²) in [4.78, 5) is 0. The van der Waals surface area contributed by atoms with Gasteiger partial charge in [0.2, 0.25) is 0 Å². The Morgan fingerprint density at radius 3 is 2.95 bits per heavy atom. The van der Waals surface area contributed by atoms with Gasteiger partial charge in [-0.3, -0.25) is 5.10 Å². The lowest BCUT2D eigenvalue weighted by molar-refractivity contribution is 0.412. The van der Waals surface area contributed by atoms with E-state index in [4.69, 9.17) is 4.74 Å². The van der Waals surface area contributed by atoms with Crippen LogP contribution in [0.2, 0.25) is 0 Å². The second-order valence-corrected chi connectivity index (χ2v) is 5.03. The summed E-state index contributed by atoms with van der Waals surface area (Å²) in [6, 6.07) is 6.67. The molecule has 1 aromatic carbocycles. The first-order valence-electron chi connectivity index (χ1n) is 6.71. The Morgan fingerprint density at radius 2 is 2.26 bits per heavy atom. The highest BCUT2D eigenvalue weighted by molar-refractivity contribution is 5.67. The highest BCUT2D eigenvalue weighted by atomic mass is 16.5. The van der Waals surface area contributed by atoms with Crippen LogP contribution in [0.5, 0.6) is 5.75 Å². The molecule has 1 fully saturated rings. The number of H-pyrrole nitrogens is 1. The van der Waals surface area contributed by atoms with E-state index >= 15 is 0 Å². The van der Waals surface area contributed by atoms with Crippen LogP contribution in [-0.2, 0) is 0 Å². The molecule has 0 spiro atoms. The van der Waals surface area contributed by atoms with Crippen LogP contribution in [0.25, 0.3) is 11.1 Å². The van der Waals surface area contributed by atoms with E-state index in [9.17, 15) is 0 Å². The second-order valence-electron chi connectivity index (χ2n) is 5.03. The Balaban J connectivity index is 1.98. The van der Waals surface area contributed by atoms with Crippen LogP contribution in [0.15, 0.2) is 24.4 Å². The fourth-order valence-electron chi connectivity index (χ4n) is 2.77. The summed E-state index contributed by atoms with van der Waals surface area (Å²) in [5.41, 5.74) is 4.72. The summed E-state index contributed by atoms with van der Waals surface area (Å²) in [6.07, 6.45) is 4.31. The van der Waals surface area contributed by atoms with Crippen LogP contribution < -0.4 is 10.1 Å². The summed E-state index contributed by atoms with van der Waals surface area (Å²) < 4.78 is 5.31. The highest BCUT2D eigenvalue weighted by Gasteiger charge is 2.21. The normalized spacial score (nSPS) is 18.7. The molecule has 1 unspecified atom stereocenters. The zero-order valence-corrected chi connectivity index (χ0v) is 11.4. The van der Waals surface area contributed by atoms with E-state index in [1.54, 1.807) is 7.11 Å². The average molecular weight is 257 g/mol. The first-order chi connectivity index (χ1) is 9.29. The number of aryl methyl sites for hydroxylation is 1. The van der Waals surface area contributed by atoms with Crippen molar-refractivity contribution in [3.8, 4) is 16.9 Å². The van der Waals surface area contributed by atoms with Gasteiger partial charge < -0.3 is 10.1 Å². The van der Waals surface area contributed by atoms with Crippen molar-refractivity contribution < 1.29 is 4.74 Å². The maximum Gasteiger partial charge on any atom is 0.121 e. The number of hydrogen-bond donors (Lipinski definition) is 2. The van der Waals surface area contributed by atoms with E-state index in [0.717, 1.165) is 17.9 Å². The maximum atomic E-state index is 5.31. The molecule has 0 radical (unpaired) electrons. The van der Waals surface area contributed by atoms with Gasteiger partial charge >= 0.3 is 0 Å². The monoisotopic (exact) mass is 257 g/mol. The molecule has 2 heterocycles. The number of aromatic amines is 1. The number of benzene rings is 1. The van der Waals surface area contributed by atoms with E-state index in [1.807, 2.05) is 12.3 Å². The molecular formula is C15H19N3O. The minimum atomic E-state index is 0.403. The van der Waals surface area contributed by atoms with Crippen LogP contribution in [0, 0.1) is 6.92 Å². The molecule has 2 N–H and O–H groups in total. The van der Waals surface area contributed by atoms with Gasteiger partial charge in [-0.25, -0.2) is 0 Å². The van der Waals surface area contributed by atoms with Crippen molar-refractivity contribution in [1.82, 2.24) is 15.5 Å². The van der Waals surface area contributed by atoms with Gasteiger partial charge in [-0.1, -0.05) is 6.07 Å². The lowest BCUT2D eigenvalue weighted by atomic mass is 10.00. The molecule has 4 heteroatoms. The van der Waals surface area contributed by atoms with E-state index in [1.165, 1.54) is 29.7 Å². The van der Waals surface area contributed by atoms with Crippen molar-refractivity contribution in [2.24, 2.45) is 0 Å². The molecule has 1 atom stereocenters. The van der Waals surface area contributed by atoms with Gasteiger partial charge in [-0.15, -0.1) is 0 Å².